The number of morpholine rings is 1. The van der Waals surface area contributed by atoms with E-state index >= 15 is 0 Å². The second kappa shape index (κ2) is 8.92. The number of ether oxygens (including phenoxy) is 1. The molecule has 1 aliphatic heterocycles. The Labute approximate surface area is 153 Å². The van der Waals surface area contributed by atoms with E-state index in [1.807, 2.05) is 37.3 Å². The first kappa shape index (κ1) is 17.8. The van der Waals surface area contributed by atoms with Crippen LogP contribution in [0.4, 0.5) is 5.69 Å². The Hall–Kier alpha value is -1.98. The molecule has 1 saturated heterocycles. The maximum absolute atomic E-state index is 12.3. The van der Waals surface area contributed by atoms with E-state index in [0.717, 1.165) is 36.8 Å². The normalized spacial score (nSPS) is 15.6. The summed E-state index contributed by atoms with van der Waals surface area (Å²) in [5.41, 5.74) is 2.33. The quantitative estimate of drug-likeness (QED) is 0.806. The molecule has 5 heteroatoms. The smallest absolute Gasteiger partial charge is 0.233 e. The topological polar surface area (TPSA) is 41.6 Å². The predicted octanol–water partition coefficient (Wildman–Crippen LogP) is 3.32. The van der Waals surface area contributed by atoms with Gasteiger partial charge in [0, 0.05) is 30.2 Å². The van der Waals surface area contributed by atoms with Gasteiger partial charge in [0.25, 0.3) is 0 Å². The van der Waals surface area contributed by atoms with E-state index in [9.17, 15) is 4.79 Å². The number of carbonyl (C=O) groups is 1. The number of anilines is 1. The number of hydrogen-bond donors (Lipinski definition) is 1. The molecule has 0 saturated carbocycles. The molecular weight excluding hydrogens is 332 g/mol. The van der Waals surface area contributed by atoms with Crippen LogP contribution in [0.5, 0.6) is 0 Å². The first-order valence-electron chi connectivity index (χ1n) is 8.63. The summed E-state index contributed by atoms with van der Waals surface area (Å²) in [5.74, 6) is 0.0612. The summed E-state index contributed by atoms with van der Waals surface area (Å²) in [7, 11) is 0. The highest BCUT2D eigenvalue weighted by molar-refractivity contribution is 8.00. The first-order valence-corrected chi connectivity index (χ1v) is 9.51. The molecule has 0 radical (unpaired) electrons. The molecule has 25 heavy (non-hydrogen) atoms. The molecule has 3 rings (SSSR count). The second-order valence-electron chi connectivity index (χ2n) is 6.06. The molecule has 0 aliphatic carbocycles. The van der Waals surface area contributed by atoms with E-state index in [-0.39, 0.29) is 11.2 Å². The Morgan fingerprint density at radius 1 is 1.12 bits per heavy atom. The van der Waals surface area contributed by atoms with Gasteiger partial charge in [-0.1, -0.05) is 30.3 Å². The Balaban J connectivity index is 1.48. The fourth-order valence-electron chi connectivity index (χ4n) is 2.74. The highest BCUT2D eigenvalue weighted by atomic mass is 32.2. The van der Waals surface area contributed by atoms with Crippen molar-refractivity contribution in [2.75, 3.05) is 31.2 Å². The molecule has 2 aromatic rings. The lowest BCUT2D eigenvalue weighted by Crippen LogP contribution is -2.36. The van der Waals surface area contributed by atoms with Crippen LogP contribution in [0, 0.1) is 0 Å². The highest BCUT2D eigenvalue weighted by Gasteiger charge is 2.14. The molecule has 0 spiro atoms. The minimum absolute atomic E-state index is 0.0612. The molecule has 1 heterocycles. The molecule has 4 nitrogen and oxygen atoms in total. The zero-order valence-corrected chi connectivity index (χ0v) is 15.3. The average Bonchev–Trinajstić information content (AvgIpc) is 2.68. The van der Waals surface area contributed by atoms with E-state index < -0.39 is 0 Å². The van der Waals surface area contributed by atoms with Crippen molar-refractivity contribution in [2.45, 2.75) is 23.6 Å². The minimum Gasteiger partial charge on any atom is -0.378 e. The number of benzene rings is 2. The van der Waals surface area contributed by atoms with Crippen LogP contribution in [-0.4, -0.2) is 37.5 Å². The zero-order valence-electron chi connectivity index (χ0n) is 14.5. The van der Waals surface area contributed by atoms with Gasteiger partial charge in [0.1, 0.15) is 0 Å². The van der Waals surface area contributed by atoms with Gasteiger partial charge < -0.3 is 15.0 Å². The van der Waals surface area contributed by atoms with Crippen molar-refractivity contribution in [3.63, 3.8) is 0 Å². The summed E-state index contributed by atoms with van der Waals surface area (Å²) in [6, 6.07) is 18.4. The van der Waals surface area contributed by atoms with E-state index in [0.29, 0.717) is 6.54 Å². The van der Waals surface area contributed by atoms with Crippen molar-refractivity contribution in [3.8, 4) is 0 Å². The molecule has 2 aromatic carbocycles. The molecule has 0 aromatic heterocycles. The molecule has 1 amide bonds. The molecular formula is C20H24N2O2S. The van der Waals surface area contributed by atoms with Crippen LogP contribution in [0.25, 0.3) is 0 Å². The van der Waals surface area contributed by atoms with Gasteiger partial charge in [-0.05, 0) is 36.8 Å². The molecule has 1 atom stereocenters. The van der Waals surface area contributed by atoms with Crippen LogP contribution < -0.4 is 10.2 Å². The number of amides is 1. The van der Waals surface area contributed by atoms with Gasteiger partial charge >= 0.3 is 0 Å². The summed E-state index contributed by atoms with van der Waals surface area (Å²) in [6.07, 6.45) is 0. The van der Waals surface area contributed by atoms with Gasteiger partial charge in [-0.25, -0.2) is 0 Å². The molecule has 132 valence electrons. The summed E-state index contributed by atoms with van der Waals surface area (Å²) < 4.78 is 5.38. The molecule has 1 aliphatic rings. The molecule has 0 unspecified atom stereocenters. The van der Waals surface area contributed by atoms with Gasteiger partial charge in [0.15, 0.2) is 0 Å². The minimum atomic E-state index is -0.116. The van der Waals surface area contributed by atoms with Crippen LogP contribution in [0.15, 0.2) is 59.5 Å². The van der Waals surface area contributed by atoms with Gasteiger partial charge in [-0.15, -0.1) is 11.8 Å². The molecule has 1 fully saturated rings. The molecule has 0 bridgehead atoms. The number of carbonyl (C=O) groups excluding carboxylic acids is 1. The van der Waals surface area contributed by atoms with Crippen molar-refractivity contribution >= 4 is 23.4 Å². The highest BCUT2D eigenvalue weighted by Crippen LogP contribution is 2.23. The zero-order chi connectivity index (χ0) is 17.5. The van der Waals surface area contributed by atoms with Crippen molar-refractivity contribution in [3.05, 3.63) is 60.2 Å². The third-order valence-corrected chi connectivity index (χ3v) is 5.32. The Bertz CT molecular complexity index is 670. The number of nitrogens with one attached hydrogen (secondary N) is 1. The third-order valence-electron chi connectivity index (χ3n) is 4.20. The predicted molar refractivity (Wildman–Crippen MR) is 103 cm³/mol. The van der Waals surface area contributed by atoms with Gasteiger partial charge in [0.05, 0.1) is 18.5 Å². The van der Waals surface area contributed by atoms with Crippen molar-refractivity contribution in [1.29, 1.82) is 0 Å². The fourth-order valence-corrected chi connectivity index (χ4v) is 3.65. The van der Waals surface area contributed by atoms with Crippen LogP contribution >= 0.6 is 11.8 Å². The van der Waals surface area contributed by atoms with Crippen LogP contribution in [0.3, 0.4) is 0 Å². The lowest BCUT2D eigenvalue weighted by molar-refractivity contribution is -0.120. The van der Waals surface area contributed by atoms with E-state index in [2.05, 4.69) is 34.5 Å². The van der Waals surface area contributed by atoms with E-state index in [1.54, 1.807) is 11.8 Å². The van der Waals surface area contributed by atoms with Crippen molar-refractivity contribution in [1.82, 2.24) is 5.32 Å². The Morgan fingerprint density at radius 3 is 2.48 bits per heavy atom. The Morgan fingerprint density at radius 2 is 1.80 bits per heavy atom. The van der Waals surface area contributed by atoms with Crippen LogP contribution in [-0.2, 0) is 16.1 Å². The van der Waals surface area contributed by atoms with E-state index in [1.165, 1.54) is 5.69 Å². The van der Waals surface area contributed by atoms with Gasteiger partial charge in [0.2, 0.25) is 5.91 Å². The van der Waals surface area contributed by atoms with Crippen molar-refractivity contribution in [2.24, 2.45) is 0 Å². The van der Waals surface area contributed by atoms with Crippen LogP contribution in [0.2, 0.25) is 0 Å². The summed E-state index contributed by atoms with van der Waals surface area (Å²) in [4.78, 5) is 15.7. The summed E-state index contributed by atoms with van der Waals surface area (Å²) in [6.45, 7) is 5.94. The lowest BCUT2D eigenvalue weighted by atomic mass is 10.2. The van der Waals surface area contributed by atoms with E-state index in [4.69, 9.17) is 4.74 Å². The summed E-state index contributed by atoms with van der Waals surface area (Å²) >= 11 is 1.58. The monoisotopic (exact) mass is 356 g/mol. The first-order chi connectivity index (χ1) is 12.2. The van der Waals surface area contributed by atoms with Crippen LogP contribution in [0.1, 0.15) is 12.5 Å². The standard InChI is InChI=1S/C20H24N2O2S/c1-16(25-19-5-3-2-4-6-19)20(23)21-15-17-7-9-18(10-8-17)22-11-13-24-14-12-22/h2-10,16H,11-15H2,1H3,(H,21,23)/t16-/m1/s1. The summed E-state index contributed by atoms with van der Waals surface area (Å²) in [5, 5.41) is 2.91. The average molecular weight is 356 g/mol. The van der Waals surface area contributed by atoms with Crippen molar-refractivity contribution < 1.29 is 9.53 Å². The number of rotatable bonds is 6. The number of nitrogens with zero attached hydrogens (tertiary/aromatic N) is 1. The lowest BCUT2D eigenvalue weighted by Gasteiger charge is -2.28. The largest absolute Gasteiger partial charge is 0.378 e. The van der Waals surface area contributed by atoms with Gasteiger partial charge in [-0.2, -0.15) is 0 Å². The molecule has 1 N–H and O–H groups in total. The van der Waals surface area contributed by atoms with Gasteiger partial charge in [-0.3, -0.25) is 4.79 Å². The number of hydrogen-bond acceptors (Lipinski definition) is 4. The SMILES string of the molecule is C[C@@H](Sc1ccccc1)C(=O)NCc1ccc(N2CCOCC2)cc1. The maximum atomic E-state index is 12.3. The maximum Gasteiger partial charge on any atom is 0.233 e. The Kier molecular flexibility index (Phi) is 6.36. The fraction of sp³-hybridized carbons (Fsp3) is 0.350. The second-order valence-corrected chi connectivity index (χ2v) is 7.47. The third kappa shape index (κ3) is 5.25. The number of thioether (sulfide) groups is 1.